The molecule has 0 N–H and O–H groups in total. The van der Waals surface area contributed by atoms with Crippen molar-refractivity contribution in [1.82, 2.24) is 0 Å². The van der Waals surface area contributed by atoms with Crippen LogP contribution in [0.4, 0.5) is 0 Å². The minimum Gasteiger partial charge on any atom is -0.0990 e. The van der Waals surface area contributed by atoms with E-state index in [0.717, 1.165) is 4.47 Å². The second-order valence-electron chi connectivity index (χ2n) is 2.43. The summed E-state index contributed by atoms with van der Waals surface area (Å²) in [7, 11) is 0. The maximum Gasteiger partial charge on any atom is 0.0253 e. The molecule has 0 aromatic heterocycles. The van der Waals surface area contributed by atoms with Crippen LogP contribution in [0.25, 0.3) is 12.2 Å². The molecule has 1 aromatic rings. The van der Waals surface area contributed by atoms with Gasteiger partial charge in [0, 0.05) is 4.47 Å². The standard InChI is InChI=1S/C11H11Br/c1-3-6-10-9(4-2)7-5-8-11(10)12/h3-8H,1H2,2H3/b9-4-,10-6+. The van der Waals surface area contributed by atoms with Gasteiger partial charge >= 0.3 is 0 Å². The maximum atomic E-state index is 3.68. The van der Waals surface area contributed by atoms with E-state index in [2.05, 4.69) is 34.7 Å². The van der Waals surface area contributed by atoms with E-state index in [0.29, 0.717) is 0 Å². The summed E-state index contributed by atoms with van der Waals surface area (Å²) in [4.78, 5) is 0. The summed E-state index contributed by atoms with van der Waals surface area (Å²) >= 11 is 3.49. The molecule has 0 saturated heterocycles. The molecule has 1 heteroatoms. The largest absolute Gasteiger partial charge is 0.0990 e. The molecule has 0 fully saturated rings. The molecule has 1 rings (SSSR count). The highest BCUT2D eigenvalue weighted by molar-refractivity contribution is 9.10. The third-order valence-electron chi connectivity index (χ3n) is 1.68. The molecule has 0 aliphatic carbocycles. The Bertz CT molecular complexity index is 388. The van der Waals surface area contributed by atoms with Crippen molar-refractivity contribution in [3.8, 4) is 0 Å². The molecule has 0 spiro atoms. The highest BCUT2D eigenvalue weighted by Crippen LogP contribution is 1.98. The Morgan fingerprint density at radius 2 is 2.17 bits per heavy atom. The van der Waals surface area contributed by atoms with Crippen molar-refractivity contribution < 1.29 is 0 Å². The van der Waals surface area contributed by atoms with Gasteiger partial charge in [-0.05, 0) is 23.4 Å². The highest BCUT2D eigenvalue weighted by atomic mass is 79.9. The first-order chi connectivity index (χ1) is 5.79. The summed E-state index contributed by atoms with van der Waals surface area (Å²) in [6.07, 6.45) is 5.88. The number of hydrogen-bond acceptors (Lipinski definition) is 0. The van der Waals surface area contributed by atoms with E-state index < -0.39 is 0 Å². The van der Waals surface area contributed by atoms with Crippen LogP contribution in [-0.4, -0.2) is 0 Å². The molecule has 0 saturated carbocycles. The fraction of sp³-hybridized carbons (Fsp3) is 0.0909. The molecule has 0 aliphatic rings. The Morgan fingerprint density at radius 3 is 2.75 bits per heavy atom. The number of benzene rings is 1. The van der Waals surface area contributed by atoms with Gasteiger partial charge in [-0.1, -0.05) is 52.9 Å². The lowest BCUT2D eigenvalue weighted by Crippen LogP contribution is -2.24. The van der Waals surface area contributed by atoms with Gasteiger partial charge in [-0.15, -0.1) is 0 Å². The molecule has 0 amide bonds. The molecule has 12 heavy (non-hydrogen) atoms. The first kappa shape index (κ1) is 9.27. The normalized spacial score (nSPS) is 13.5. The molecule has 0 heterocycles. The zero-order valence-corrected chi connectivity index (χ0v) is 8.64. The van der Waals surface area contributed by atoms with Gasteiger partial charge in [0.15, 0.2) is 0 Å². The summed E-state index contributed by atoms with van der Waals surface area (Å²) in [5.74, 6) is 0. The van der Waals surface area contributed by atoms with Crippen LogP contribution in [-0.2, 0) is 0 Å². The molecule has 0 radical (unpaired) electrons. The van der Waals surface area contributed by atoms with E-state index in [1.165, 1.54) is 10.4 Å². The molecular weight excluding hydrogens is 212 g/mol. The number of rotatable bonds is 1. The van der Waals surface area contributed by atoms with Crippen molar-refractivity contribution in [3.05, 3.63) is 45.8 Å². The average Bonchev–Trinajstić information content (AvgIpc) is 2.09. The van der Waals surface area contributed by atoms with E-state index in [4.69, 9.17) is 0 Å². The predicted octanol–water partition coefficient (Wildman–Crippen LogP) is 2.22. The summed E-state index contributed by atoms with van der Waals surface area (Å²) < 4.78 is 1.11. The van der Waals surface area contributed by atoms with E-state index in [1.807, 2.05) is 25.1 Å². The first-order valence-corrected chi connectivity index (χ1v) is 4.62. The number of halogens is 1. The number of hydrogen-bond donors (Lipinski definition) is 0. The highest BCUT2D eigenvalue weighted by Gasteiger charge is 1.88. The monoisotopic (exact) mass is 222 g/mol. The SMILES string of the molecule is C=C/C=c1/c(Br)ccc/c1=C/C. The predicted molar refractivity (Wildman–Crippen MR) is 58.2 cm³/mol. The van der Waals surface area contributed by atoms with Crippen LogP contribution >= 0.6 is 15.9 Å². The summed E-state index contributed by atoms with van der Waals surface area (Å²) in [5.41, 5.74) is 0. The van der Waals surface area contributed by atoms with Crippen LogP contribution in [0.2, 0.25) is 0 Å². The number of allylic oxidation sites excluding steroid dienone is 1. The second kappa shape index (κ2) is 4.27. The van der Waals surface area contributed by atoms with E-state index >= 15 is 0 Å². The van der Waals surface area contributed by atoms with Gasteiger partial charge in [0.25, 0.3) is 0 Å². The van der Waals surface area contributed by atoms with Gasteiger partial charge in [-0.2, -0.15) is 0 Å². The topological polar surface area (TPSA) is 0 Å². The average molecular weight is 223 g/mol. The van der Waals surface area contributed by atoms with Gasteiger partial charge in [0.05, 0.1) is 0 Å². The van der Waals surface area contributed by atoms with Crippen LogP contribution in [0.15, 0.2) is 35.3 Å². The third-order valence-corrected chi connectivity index (χ3v) is 2.37. The fourth-order valence-corrected chi connectivity index (χ4v) is 1.61. The Morgan fingerprint density at radius 1 is 1.42 bits per heavy atom. The van der Waals surface area contributed by atoms with E-state index in [-0.39, 0.29) is 0 Å². The van der Waals surface area contributed by atoms with Crippen LogP contribution in [0.5, 0.6) is 0 Å². The minimum absolute atomic E-state index is 1.11. The van der Waals surface area contributed by atoms with Crippen LogP contribution < -0.4 is 10.4 Å². The maximum absolute atomic E-state index is 3.68. The van der Waals surface area contributed by atoms with Gasteiger partial charge in [-0.25, -0.2) is 0 Å². The second-order valence-corrected chi connectivity index (χ2v) is 3.29. The van der Waals surface area contributed by atoms with Crippen molar-refractivity contribution in [2.24, 2.45) is 0 Å². The van der Waals surface area contributed by atoms with Gasteiger partial charge in [0.2, 0.25) is 0 Å². The van der Waals surface area contributed by atoms with Gasteiger partial charge in [-0.3, -0.25) is 0 Å². The summed E-state index contributed by atoms with van der Waals surface area (Å²) in [6.45, 7) is 5.71. The lowest BCUT2D eigenvalue weighted by Gasteiger charge is -1.92. The van der Waals surface area contributed by atoms with Crippen molar-refractivity contribution in [1.29, 1.82) is 0 Å². The van der Waals surface area contributed by atoms with E-state index in [9.17, 15) is 0 Å². The third kappa shape index (κ3) is 1.86. The fourth-order valence-electron chi connectivity index (χ4n) is 1.10. The van der Waals surface area contributed by atoms with Crippen LogP contribution in [0.1, 0.15) is 6.92 Å². The van der Waals surface area contributed by atoms with Gasteiger partial charge < -0.3 is 0 Å². The smallest absolute Gasteiger partial charge is 0.0253 e. The summed E-state index contributed by atoms with van der Waals surface area (Å²) in [6, 6.07) is 6.14. The molecule has 0 atom stereocenters. The zero-order valence-electron chi connectivity index (χ0n) is 7.05. The Labute approximate surface area is 81.1 Å². The van der Waals surface area contributed by atoms with Gasteiger partial charge in [0.1, 0.15) is 0 Å². The van der Waals surface area contributed by atoms with E-state index in [1.54, 1.807) is 6.08 Å². The Balaban J connectivity index is 3.63. The van der Waals surface area contributed by atoms with Crippen molar-refractivity contribution in [3.63, 3.8) is 0 Å². The molecule has 0 bridgehead atoms. The molecule has 0 aliphatic heterocycles. The quantitative estimate of drug-likeness (QED) is 0.684. The molecule has 1 aromatic carbocycles. The van der Waals surface area contributed by atoms with Crippen LogP contribution in [0.3, 0.4) is 0 Å². The first-order valence-electron chi connectivity index (χ1n) is 3.83. The lowest BCUT2D eigenvalue weighted by atomic mass is 10.2. The van der Waals surface area contributed by atoms with Crippen LogP contribution in [0, 0.1) is 0 Å². The molecule has 0 unspecified atom stereocenters. The van der Waals surface area contributed by atoms with Crippen molar-refractivity contribution in [2.75, 3.05) is 0 Å². The van der Waals surface area contributed by atoms with Crippen molar-refractivity contribution in [2.45, 2.75) is 6.92 Å². The molecular formula is C11H11Br. The van der Waals surface area contributed by atoms with Crippen molar-refractivity contribution >= 4 is 28.1 Å². The molecule has 0 nitrogen and oxygen atoms in total. The Hall–Kier alpha value is -0.820. The minimum atomic E-state index is 1.11. The zero-order chi connectivity index (χ0) is 8.97. The molecule has 62 valence electrons. The summed E-state index contributed by atoms with van der Waals surface area (Å²) in [5, 5.41) is 2.42. The lowest BCUT2D eigenvalue weighted by molar-refractivity contribution is 1.47. The Kier molecular flexibility index (Phi) is 3.30.